The average molecular weight is 250 g/mol. The Kier molecular flexibility index (Phi) is 2.92. The summed E-state index contributed by atoms with van der Waals surface area (Å²) in [7, 11) is 0. The summed E-state index contributed by atoms with van der Waals surface area (Å²) < 4.78 is 5.25. The lowest BCUT2D eigenvalue weighted by Crippen LogP contribution is -2.26. The molecule has 1 aliphatic rings. The van der Waals surface area contributed by atoms with Gasteiger partial charge in [0, 0.05) is 19.1 Å². The van der Waals surface area contributed by atoms with E-state index in [4.69, 9.17) is 10.3 Å². The van der Waals surface area contributed by atoms with Gasteiger partial charge in [0.25, 0.3) is 0 Å². The minimum atomic E-state index is 0.287. The first-order chi connectivity index (χ1) is 8.31. The molecule has 0 aliphatic carbocycles. The zero-order chi connectivity index (χ0) is 11.7. The summed E-state index contributed by atoms with van der Waals surface area (Å²) in [6.45, 7) is 2.63. The molecule has 0 bridgehead atoms. The molecule has 0 spiro atoms. The molecule has 6 heteroatoms. The predicted octanol–water partition coefficient (Wildman–Crippen LogP) is 1.33. The zero-order valence-corrected chi connectivity index (χ0v) is 10.2. The number of hydrogen-bond acceptors (Lipinski definition) is 6. The lowest BCUT2D eigenvalue weighted by molar-refractivity contribution is 0.265. The van der Waals surface area contributed by atoms with Crippen molar-refractivity contribution in [3.8, 4) is 10.7 Å². The summed E-state index contributed by atoms with van der Waals surface area (Å²) in [5, 5.41) is 5.99. The van der Waals surface area contributed by atoms with Crippen molar-refractivity contribution in [2.24, 2.45) is 5.73 Å². The number of nitrogens with zero attached hydrogens (tertiary/aromatic N) is 3. The van der Waals surface area contributed by atoms with Crippen molar-refractivity contribution in [3.05, 3.63) is 23.4 Å². The molecule has 17 heavy (non-hydrogen) atoms. The minimum absolute atomic E-state index is 0.287. The third-order valence-corrected chi connectivity index (χ3v) is 3.74. The standard InChI is InChI=1S/C11H14N4OS/c12-8-3-4-15(6-8)7-10-13-11(14-16-10)9-2-1-5-17-9/h1-2,5,8H,3-4,6-7,12H2. The smallest absolute Gasteiger partial charge is 0.241 e. The van der Waals surface area contributed by atoms with Crippen LogP contribution in [0.2, 0.25) is 0 Å². The summed E-state index contributed by atoms with van der Waals surface area (Å²) in [5.74, 6) is 1.35. The number of thiophene rings is 1. The van der Waals surface area contributed by atoms with Crippen LogP contribution >= 0.6 is 11.3 Å². The molecule has 1 fully saturated rings. The van der Waals surface area contributed by atoms with Gasteiger partial charge in [0.2, 0.25) is 11.7 Å². The zero-order valence-electron chi connectivity index (χ0n) is 9.37. The van der Waals surface area contributed by atoms with E-state index in [1.165, 1.54) is 0 Å². The van der Waals surface area contributed by atoms with E-state index < -0.39 is 0 Å². The van der Waals surface area contributed by atoms with Crippen molar-refractivity contribution >= 4 is 11.3 Å². The second kappa shape index (κ2) is 4.56. The highest BCUT2D eigenvalue weighted by Crippen LogP contribution is 2.22. The predicted molar refractivity (Wildman–Crippen MR) is 65.5 cm³/mol. The SMILES string of the molecule is NC1CCN(Cc2nc(-c3cccs3)no2)C1. The maximum Gasteiger partial charge on any atom is 0.241 e. The average Bonchev–Trinajstić information content (AvgIpc) is 3.00. The molecule has 3 heterocycles. The van der Waals surface area contributed by atoms with E-state index in [0.717, 1.165) is 24.4 Å². The Morgan fingerprint density at radius 2 is 2.53 bits per heavy atom. The Morgan fingerprint density at radius 3 is 3.24 bits per heavy atom. The quantitative estimate of drug-likeness (QED) is 0.890. The number of hydrogen-bond donors (Lipinski definition) is 1. The van der Waals surface area contributed by atoms with E-state index in [1.54, 1.807) is 11.3 Å². The van der Waals surface area contributed by atoms with Crippen LogP contribution in [0.4, 0.5) is 0 Å². The highest BCUT2D eigenvalue weighted by molar-refractivity contribution is 7.13. The van der Waals surface area contributed by atoms with Gasteiger partial charge in [0.05, 0.1) is 11.4 Å². The minimum Gasteiger partial charge on any atom is -0.338 e. The molecule has 5 nitrogen and oxygen atoms in total. The fraction of sp³-hybridized carbons (Fsp3) is 0.455. The van der Waals surface area contributed by atoms with Crippen LogP contribution in [-0.2, 0) is 6.54 Å². The molecule has 2 aromatic heterocycles. The number of rotatable bonds is 3. The monoisotopic (exact) mass is 250 g/mol. The van der Waals surface area contributed by atoms with Crippen molar-refractivity contribution in [2.75, 3.05) is 13.1 Å². The first-order valence-electron chi connectivity index (χ1n) is 5.65. The van der Waals surface area contributed by atoms with Crippen LogP contribution in [0.25, 0.3) is 10.7 Å². The second-order valence-electron chi connectivity index (χ2n) is 4.27. The van der Waals surface area contributed by atoms with E-state index in [1.807, 2.05) is 17.5 Å². The molecule has 0 radical (unpaired) electrons. The lowest BCUT2D eigenvalue weighted by Gasteiger charge is -2.10. The normalized spacial score (nSPS) is 21.1. The van der Waals surface area contributed by atoms with Gasteiger partial charge in [-0.2, -0.15) is 4.98 Å². The van der Waals surface area contributed by atoms with Crippen LogP contribution in [0.5, 0.6) is 0 Å². The van der Waals surface area contributed by atoms with E-state index in [-0.39, 0.29) is 6.04 Å². The largest absolute Gasteiger partial charge is 0.338 e. The van der Waals surface area contributed by atoms with Gasteiger partial charge in [-0.1, -0.05) is 11.2 Å². The van der Waals surface area contributed by atoms with E-state index >= 15 is 0 Å². The van der Waals surface area contributed by atoms with E-state index in [2.05, 4.69) is 15.0 Å². The van der Waals surface area contributed by atoms with Crippen LogP contribution in [0.15, 0.2) is 22.0 Å². The van der Waals surface area contributed by atoms with Gasteiger partial charge >= 0.3 is 0 Å². The van der Waals surface area contributed by atoms with Crippen molar-refractivity contribution in [2.45, 2.75) is 19.0 Å². The van der Waals surface area contributed by atoms with Gasteiger partial charge in [-0.25, -0.2) is 0 Å². The molecule has 2 N–H and O–H groups in total. The molecule has 0 saturated carbocycles. The molecule has 3 rings (SSSR count). The van der Waals surface area contributed by atoms with Gasteiger partial charge in [0.15, 0.2) is 0 Å². The first-order valence-corrected chi connectivity index (χ1v) is 6.53. The highest BCUT2D eigenvalue weighted by Gasteiger charge is 2.21. The number of likely N-dealkylation sites (tertiary alicyclic amines) is 1. The van der Waals surface area contributed by atoms with Crippen LogP contribution in [0, 0.1) is 0 Å². The van der Waals surface area contributed by atoms with Crippen LogP contribution in [-0.4, -0.2) is 34.2 Å². The molecule has 1 unspecified atom stereocenters. The maximum absolute atomic E-state index is 5.85. The van der Waals surface area contributed by atoms with Crippen LogP contribution in [0.3, 0.4) is 0 Å². The third-order valence-electron chi connectivity index (χ3n) is 2.88. The summed E-state index contributed by atoms with van der Waals surface area (Å²) in [5.41, 5.74) is 5.85. The van der Waals surface area contributed by atoms with Crippen LogP contribution in [0.1, 0.15) is 12.3 Å². The molecule has 1 atom stereocenters. The summed E-state index contributed by atoms with van der Waals surface area (Å²) >= 11 is 1.61. The third kappa shape index (κ3) is 2.38. The molecule has 90 valence electrons. The fourth-order valence-electron chi connectivity index (χ4n) is 2.02. The number of nitrogens with two attached hydrogens (primary N) is 1. The molecule has 1 saturated heterocycles. The van der Waals surface area contributed by atoms with E-state index in [9.17, 15) is 0 Å². The molecular weight excluding hydrogens is 236 g/mol. The van der Waals surface area contributed by atoms with Gasteiger partial charge in [-0.15, -0.1) is 11.3 Å². The molecular formula is C11H14N4OS. The van der Waals surface area contributed by atoms with Crippen LogP contribution < -0.4 is 5.73 Å². The van der Waals surface area contributed by atoms with Gasteiger partial charge in [-0.3, -0.25) is 4.90 Å². The van der Waals surface area contributed by atoms with Crippen molar-refractivity contribution < 1.29 is 4.52 Å². The highest BCUT2D eigenvalue weighted by atomic mass is 32.1. The molecule has 2 aromatic rings. The Hall–Kier alpha value is -1.24. The lowest BCUT2D eigenvalue weighted by atomic mass is 10.3. The maximum atomic E-state index is 5.85. The van der Waals surface area contributed by atoms with Crippen molar-refractivity contribution in [1.82, 2.24) is 15.0 Å². The van der Waals surface area contributed by atoms with Gasteiger partial charge < -0.3 is 10.3 Å². The Balaban J connectivity index is 1.69. The topological polar surface area (TPSA) is 68.2 Å². The summed E-state index contributed by atoms with van der Waals surface area (Å²) in [6.07, 6.45) is 1.05. The van der Waals surface area contributed by atoms with Gasteiger partial charge in [0.1, 0.15) is 0 Å². The summed E-state index contributed by atoms with van der Waals surface area (Å²) in [4.78, 5) is 7.68. The summed E-state index contributed by atoms with van der Waals surface area (Å²) in [6, 6.07) is 4.26. The Bertz CT molecular complexity index is 481. The van der Waals surface area contributed by atoms with E-state index in [0.29, 0.717) is 18.3 Å². The Labute approximate surface area is 103 Å². The molecule has 1 aliphatic heterocycles. The van der Waals surface area contributed by atoms with Crippen molar-refractivity contribution in [3.63, 3.8) is 0 Å². The fourth-order valence-corrected chi connectivity index (χ4v) is 2.67. The number of aromatic nitrogens is 2. The molecule has 0 aromatic carbocycles. The second-order valence-corrected chi connectivity index (χ2v) is 5.22. The first kappa shape index (κ1) is 10.9. The molecule has 0 amide bonds. The Morgan fingerprint density at radius 1 is 1.59 bits per heavy atom. The van der Waals surface area contributed by atoms with Gasteiger partial charge in [-0.05, 0) is 17.9 Å². The van der Waals surface area contributed by atoms with Crippen molar-refractivity contribution in [1.29, 1.82) is 0 Å².